The molecule has 0 aliphatic rings. The number of sulfone groups is 1. The van der Waals surface area contributed by atoms with Crippen LogP contribution in [0.1, 0.15) is 118 Å². The summed E-state index contributed by atoms with van der Waals surface area (Å²) in [7, 11) is -6.25. The van der Waals surface area contributed by atoms with Gasteiger partial charge in [0.15, 0.2) is 0 Å². The molecular formula is C25H53NO5S2. The second-order valence-corrected chi connectivity index (χ2v) is 14.1. The molecule has 33 heavy (non-hydrogen) atoms. The van der Waals surface area contributed by atoms with E-state index in [2.05, 4.69) is 27.7 Å². The lowest BCUT2D eigenvalue weighted by Crippen LogP contribution is -2.23. The molecule has 2 N–H and O–H groups in total. The lowest BCUT2D eigenvalue weighted by molar-refractivity contribution is 0.114. The molecule has 0 radical (unpaired) electrons. The smallest absolute Gasteiger partial charge is 0.209 e. The second-order valence-electron chi connectivity index (χ2n) is 10.1. The number of primary sulfonamides is 1. The third-order valence-electron chi connectivity index (χ3n) is 7.85. The van der Waals surface area contributed by atoms with Crippen LogP contribution >= 0.6 is 0 Å². The molecule has 0 unspecified atom stereocenters. The third-order valence-corrected chi connectivity index (χ3v) is 9.74. The lowest BCUT2D eigenvalue weighted by atomic mass is 9.74. The van der Waals surface area contributed by atoms with E-state index in [0.717, 1.165) is 96.7 Å². The van der Waals surface area contributed by atoms with Crippen LogP contribution in [0.2, 0.25) is 0 Å². The van der Waals surface area contributed by atoms with Gasteiger partial charge in [0.05, 0.1) is 5.75 Å². The number of sulfonamides is 1. The minimum absolute atomic E-state index is 0.0763. The summed E-state index contributed by atoms with van der Waals surface area (Å²) in [5, 5.41) is 5.15. The zero-order chi connectivity index (χ0) is 25.4. The first-order valence-corrected chi connectivity index (χ1v) is 16.9. The fourth-order valence-electron chi connectivity index (χ4n) is 5.03. The number of rotatable bonds is 22. The number of ether oxygens (including phenoxy) is 1. The van der Waals surface area contributed by atoms with Gasteiger partial charge in [-0.25, -0.2) is 22.0 Å². The highest BCUT2D eigenvalue weighted by Crippen LogP contribution is 2.38. The molecule has 0 rings (SSSR count). The Morgan fingerprint density at radius 1 is 0.606 bits per heavy atom. The summed E-state index contributed by atoms with van der Waals surface area (Å²) in [5.41, 5.74) is 0.475. The highest BCUT2D eigenvalue weighted by atomic mass is 32.2. The van der Waals surface area contributed by atoms with E-state index in [1.807, 2.05) is 0 Å². The Bertz CT molecular complexity index is 636. The Labute approximate surface area is 205 Å². The maximum atomic E-state index is 11.4. The van der Waals surface area contributed by atoms with Crippen molar-refractivity contribution >= 4 is 19.9 Å². The molecule has 6 nitrogen and oxygen atoms in total. The van der Waals surface area contributed by atoms with E-state index < -0.39 is 19.9 Å². The highest BCUT2D eigenvalue weighted by Gasteiger charge is 2.26. The molecule has 0 aromatic carbocycles. The van der Waals surface area contributed by atoms with Crippen molar-refractivity contribution in [3.8, 4) is 0 Å². The van der Waals surface area contributed by atoms with E-state index in [-0.39, 0.29) is 16.6 Å². The number of nitrogens with two attached hydrogens (primary N) is 1. The van der Waals surface area contributed by atoms with E-state index in [1.54, 1.807) is 0 Å². The van der Waals surface area contributed by atoms with Crippen LogP contribution in [-0.4, -0.2) is 47.8 Å². The molecule has 0 heterocycles. The van der Waals surface area contributed by atoms with Crippen molar-refractivity contribution in [3.05, 3.63) is 0 Å². The zero-order valence-corrected chi connectivity index (χ0v) is 23.8. The van der Waals surface area contributed by atoms with E-state index >= 15 is 0 Å². The second kappa shape index (κ2) is 16.5. The van der Waals surface area contributed by atoms with Gasteiger partial charge >= 0.3 is 0 Å². The van der Waals surface area contributed by atoms with Crippen LogP contribution in [0.15, 0.2) is 0 Å². The molecule has 8 heteroatoms. The number of unbranched alkanes of at least 4 members (excludes halogenated alkanes) is 2. The molecule has 200 valence electrons. The van der Waals surface area contributed by atoms with Crippen LogP contribution in [0.4, 0.5) is 0 Å². The largest absolute Gasteiger partial charge is 0.381 e. The van der Waals surface area contributed by atoms with Crippen molar-refractivity contribution in [2.24, 2.45) is 16.0 Å². The maximum absolute atomic E-state index is 11.4. The molecule has 0 aliphatic carbocycles. The van der Waals surface area contributed by atoms with Crippen LogP contribution < -0.4 is 5.14 Å². The Hall–Kier alpha value is -0.180. The average molecular weight is 512 g/mol. The van der Waals surface area contributed by atoms with Gasteiger partial charge in [0.25, 0.3) is 0 Å². The van der Waals surface area contributed by atoms with Crippen LogP contribution in [0.5, 0.6) is 0 Å². The highest BCUT2D eigenvalue weighted by molar-refractivity contribution is 7.90. The Kier molecular flexibility index (Phi) is 16.4. The van der Waals surface area contributed by atoms with Crippen LogP contribution in [0.3, 0.4) is 0 Å². The van der Waals surface area contributed by atoms with Gasteiger partial charge in [-0.3, -0.25) is 0 Å². The molecule has 0 aliphatic heterocycles. The van der Waals surface area contributed by atoms with Crippen LogP contribution in [0.25, 0.3) is 0 Å². The van der Waals surface area contributed by atoms with Crippen molar-refractivity contribution in [2.75, 3.05) is 31.0 Å². The van der Waals surface area contributed by atoms with E-state index in [4.69, 9.17) is 9.88 Å². The summed E-state index contributed by atoms with van der Waals surface area (Å²) >= 11 is 0. The van der Waals surface area contributed by atoms with Crippen molar-refractivity contribution in [3.63, 3.8) is 0 Å². The molecule has 0 saturated carbocycles. The van der Waals surface area contributed by atoms with Crippen molar-refractivity contribution in [2.45, 2.75) is 118 Å². The van der Waals surface area contributed by atoms with Crippen LogP contribution in [-0.2, 0) is 24.6 Å². The molecule has 0 aromatic heterocycles. The summed E-state index contributed by atoms with van der Waals surface area (Å²) in [6, 6.07) is 0. The van der Waals surface area contributed by atoms with Gasteiger partial charge in [0.2, 0.25) is 10.0 Å². The summed E-state index contributed by atoms with van der Waals surface area (Å²) < 4.78 is 51.2. The van der Waals surface area contributed by atoms with Gasteiger partial charge in [-0.1, -0.05) is 66.2 Å². The van der Waals surface area contributed by atoms with E-state index in [1.165, 1.54) is 6.26 Å². The van der Waals surface area contributed by atoms with Crippen molar-refractivity contribution < 1.29 is 21.6 Å². The molecule has 0 fully saturated rings. The first-order chi connectivity index (χ1) is 15.4. The minimum atomic E-state index is -3.37. The Balaban J connectivity index is 4.11. The van der Waals surface area contributed by atoms with Gasteiger partial charge in [0, 0.05) is 25.2 Å². The number of hydrogen-bond acceptors (Lipinski definition) is 5. The predicted molar refractivity (Wildman–Crippen MR) is 141 cm³/mol. The first-order valence-electron chi connectivity index (χ1n) is 13.1. The molecule has 0 saturated heterocycles. The fourth-order valence-corrected chi connectivity index (χ4v) is 6.25. The minimum Gasteiger partial charge on any atom is -0.381 e. The van der Waals surface area contributed by atoms with Gasteiger partial charge < -0.3 is 4.74 Å². The number of hydrogen-bond donors (Lipinski definition) is 1. The van der Waals surface area contributed by atoms with Crippen molar-refractivity contribution in [1.82, 2.24) is 0 Å². The normalized spacial score (nSPS) is 13.5. The monoisotopic (exact) mass is 511 g/mol. The average Bonchev–Trinajstić information content (AvgIpc) is 2.74. The lowest BCUT2D eigenvalue weighted by Gasteiger charge is -2.32. The molecule has 0 bridgehead atoms. The van der Waals surface area contributed by atoms with E-state index in [0.29, 0.717) is 12.2 Å². The van der Waals surface area contributed by atoms with E-state index in [9.17, 15) is 16.8 Å². The molecule has 0 atom stereocenters. The summed E-state index contributed by atoms with van der Waals surface area (Å²) in [6.07, 6.45) is 15.5. The molecule has 0 amide bonds. The summed E-state index contributed by atoms with van der Waals surface area (Å²) in [4.78, 5) is 0. The maximum Gasteiger partial charge on any atom is 0.209 e. The van der Waals surface area contributed by atoms with Gasteiger partial charge in [0.1, 0.15) is 9.84 Å². The molecule has 0 spiro atoms. The third kappa shape index (κ3) is 16.2. The summed E-state index contributed by atoms with van der Waals surface area (Å²) in [6.45, 7) is 10.4. The Morgan fingerprint density at radius 3 is 1.30 bits per heavy atom. The van der Waals surface area contributed by atoms with Crippen LogP contribution in [0, 0.1) is 10.8 Å². The van der Waals surface area contributed by atoms with Crippen molar-refractivity contribution in [1.29, 1.82) is 0 Å². The standard InChI is InChI=1S/C25H53NO5S2/c1-6-24(7-2,18-14-22-32(5,27)28)16-10-12-20-31-21-13-11-17-25(8-3,9-4)19-15-23-33(26,29)30/h6-23H2,1-5H3,(H2,26,29,30). The molecule has 0 aromatic rings. The van der Waals surface area contributed by atoms with Gasteiger partial charge in [-0.05, 0) is 62.2 Å². The van der Waals surface area contributed by atoms with Gasteiger partial charge in [-0.2, -0.15) is 0 Å². The SMILES string of the molecule is CCC(CC)(CCCCOCCCCC(CC)(CC)CCCS(N)(=O)=O)CCCS(C)(=O)=O. The Morgan fingerprint density at radius 2 is 0.970 bits per heavy atom. The van der Waals surface area contributed by atoms with Gasteiger partial charge in [-0.15, -0.1) is 0 Å². The molecular weight excluding hydrogens is 458 g/mol. The topological polar surface area (TPSA) is 104 Å². The zero-order valence-electron chi connectivity index (χ0n) is 22.2. The quantitative estimate of drug-likeness (QED) is 0.184. The summed E-state index contributed by atoms with van der Waals surface area (Å²) in [5.74, 6) is 0.369. The first kappa shape index (κ1) is 32.8. The fraction of sp³-hybridized carbons (Fsp3) is 1.00. The predicted octanol–water partition coefficient (Wildman–Crippen LogP) is 5.85.